The summed E-state index contributed by atoms with van der Waals surface area (Å²) in [5.41, 5.74) is 6.08. The van der Waals surface area contributed by atoms with E-state index < -0.39 is 0 Å². The summed E-state index contributed by atoms with van der Waals surface area (Å²) in [6.45, 7) is 2.20. The van der Waals surface area contributed by atoms with Gasteiger partial charge in [-0.05, 0) is 18.8 Å². The molecule has 6 heteroatoms. The van der Waals surface area contributed by atoms with Crippen LogP contribution in [0.1, 0.15) is 18.5 Å². The Balaban J connectivity index is 1.75. The minimum Gasteiger partial charge on any atom is -0.388 e. The van der Waals surface area contributed by atoms with Crippen LogP contribution in [0.25, 0.3) is 0 Å². The molecule has 1 fully saturated rings. The van der Waals surface area contributed by atoms with Gasteiger partial charge in [-0.2, -0.15) is 0 Å². The van der Waals surface area contributed by atoms with E-state index in [0.717, 1.165) is 12.5 Å². The van der Waals surface area contributed by atoms with Crippen LogP contribution in [0.15, 0.2) is 12.4 Å². The number of nitrogens with zero attached hydrogens (tertiary/aromatic N) is 2. The summed E-state index contributed by atoms with van der Waals surface area (Å²) in [5, 5.41) is 3.12. The molecule has 2 rings (SSSR count). The number of nitrogens with one attached hydrogen (secondary N) is 1. The molecule has 0 radical (unpaired) electrons. The highest BCUT2D eigenvalue weighted by Crippen LogP contribution is 2.28. The SMILES string of the molecule is NC(=S)c1nccnc1NCCOCC1CC1. The third-order valence-corrected chi connectivity index (χ3v) is 2.71. The quantitative estimate of drug-likeness (QED) is 0.556. The second-order valence-electron chi connectivity index (χ2n) is 4.06. The van der Waals surface area contributed by atoms with Gasteiger partial charge in [0, 0.05) is 25.5 Å². The molecule has 92 valence electrons. The monoisotopic (exact) mass is 252 g/mol. The fourth-order valence-corrected chi connectivity index (χ4v) is 1.57. The van der Waals surface area contributed by atoms with Gasteiger partial charge >= 0.3 is 0 Å². The van der Waals surface area contributed by atoms with Gasteiger partial charge in [-0.3, -0.25) is 0 Å². The number of rotatable bonds is 7. The zero-order valence-corrected chi connectivity index (χ0v) is 10.4. The van der Waals surface area contributed by atoms with Gasteiger partial charge < -0.3 is 15.8 Å². The Morgan fingerprint density at radius 1 is 1.47 bits per heavy atom. The van der Waals surface area contributed by atoms with Crippen LogP contribution in [-0.4, -0.2) is 34.7 Å². The van der Waals surface area contributed by atoms with Crippen molar-refractivity contribution in [3.63, 3.8) is 0 Å². The molecule has 0 spiro atoms. The smallest absolute Gasteiger partial charge is 0.155 e. The lowest BCUT2D eigenvalue weighted by molar-refractivity contribution is 0.134. The van der Waals surface area contributed by atoms with Gasteiger partial charge in [-0.1, -0.05) is 12.2 Å². The van der Waals surface area contributed by atoms with Crippen molar-refractivity contribution < 1.29 is 4.74 Å². The molecule has 1 aromatic heterocycles. The standard InChI is InChI=1S/C11H16N4OS/c12-10(17)9-11(14-4-3-13-9)15-5-6-16-7-8-1-2-8/h3-4,8H,1-2,5-7H2,(H2,12,17)(H,14,15). The second kappa shape index (κ2) is 5.88. The van der Waals surface area contributed by atoms with E-state index in [1.807, 2.05) is 0 Å². The molecular formula is C11H16N4OS. The lowest BCUT2D eigenvalue weighted by Crippen LogP contribution is -2.18. The molecule has 1 aromatic rings. The lowest BCUT2D eigenvalue weighted by Gasteiger charge is -2.09. The zero-order chi connectivity index (χ0) is 12.1. The number of hydrogen-bond acceptors (Lipinski definition) is 5. The normalized spacial score (nSPS) is 14.6. The fraction of sp³-hybridized carbons (Fsp3) is 0.545. The Kier molecular flexibility index (Phi) is 4.22. The molecule has 1 saturated carbocycles. The van der Waals surface area contributed by atoms with E-state index in [4.69, 9.17) is 22.7 Å². The topological polar surface area (TPSA) is 73.1 Å². The third kappa shape index (κ3) is 3.90. The van der Waals surface area contributed by atoms with Crippen LogP contribution >= 0.6 is 12.2 Å². The number of aromatic nitrogens is 2. The summed E-state index contributed by atoms with van der Waals surface area (Å²) in [7, 11) is 0. The summed E-state index contributed by atoms with van der Waals surface area (Å²) in [5.74, 6) is 1.41. The highest BCUT2D eigenvalue weighted by atomic mass is 32.1. The zero-order valence-electron chi connectivity index (χ0n) is 9.56. The van der Waals surface area contributed by atoms with E-state index >= 15 is 0 Å². The minimum atomic E-state index is 0.250. The lowest BCUT2D eigenvalue weighted by atomic mass is 10.4. The first-order chi connectivity index (χ1) is 8.27. The van der Waals surface area contributed by atoms with Gasteiger partial charge in [0.15, 0.2) is 5.82 Å². The Morgan fingerprint density at radius 2 is 2.24 bits per heavy atom. The highest BCUT2D eigenvalue weighted by molar-refractivity contribution is 7.80. The molecule has 0 aliphatic heterocycles. The van der Waals surface area contributed by atoms with E-state index in [-0.39, 0.29) is 4.99 Å². The van der Waals surface area contributed by atoms with Crippen molar-refractivity contribution in [1.82, 2.24) is 9.97 Å². The molecule has 1 aliphatic carbocycles. The van der Waals surface area contributed by atoms with E-state index in [1.165, 1.54) is 12.8 Å². The molecule has 0 amide bonds. The molecule has 0 aromatic carbocycles. The Bertz CT molecular complexity index is 395. The summed E-state index contributed by atoms with van der Waals surface area (Å²) in [4.78, 5) is 8.48. The number of hydrogen-bond donors (Lipinski definition) is 2. The Labute approximate surface area is 106 Å². The summed E-state index contributed by atoms with van der Waals surface area (Å²) in [6.07, 6.45) is 5.80. The third-order valence-electron chi connectivity index (χ3n) is 2.52. The maximum atomic E-state index is 5.55. The van der Waals surface area contributed by atoms with Crippen molar-refractivity contribution >= 4 is 23.0 Å². The molecule has 1 heterocycles. The van der Waals surface area contributed by atoms with Crippen LogP contribution in [0.2, 0.25) is 0 Å². The molecule has 0 unspecified atom stereocenters. The van der Waals surface area contributed by atoms with Gasteiger partial charge in [-0.15, -0.1) is 0 Å². The van der Waals surface area contributed by atoms with Crippen molar-refractivity contribution in [2.75, 3.05) is 25.1 Å². The van der Waals surface area contributed by atoms with Gasteiger partial charge in [0.05, 0.1) is 6.61 Å². The van der Waals surface area contributed by atoms with Crippen molar-refractivity contribution in [3.05, 3.63) is 18.1 Å². The van der Waals surface area contributed by atoms with Crippen molar-refractivity contribution in [2.45, 2.75) is 12.8 Å². The fourth-order valence-electron chi connectivity index (χ4n) is 1.42. The molecule has 5 nitrogen and oxygen atoms in total. The average molecular weight is 252 g/mol. The first-order valence-corrected chi connectivity index (χ1v) is 6.10. The van der Waals surface area contributed by atoms with Gasteiger partial charge in [0.25, 0.3) is 0 Å². The number of ether oxygens (including phenoxy) is 1. The average Bonchev–Trinajstić information content (AvgIpc) is 3.13. The van der Waals surface area contributed by atoms with Crippen LogP contribution in [0.3, 0.4) is 0 Å². The Hall–Kier alpha value is -1.27. The molecule has 3 N–H and O–H groups in total. The van der Waals surface area contributed by atoms with Crippen molar-refractivity contribution in [2.24, 2.45) is 11.7 Å². The summed E-state index contributed by atoms with van der Waals surface area (Å²) >= 11 is 4.90. The van der Waals surface area contributed by atoms with E-state index in [1.54, 1.807) is 12.4 Å². The predicted molar refractivity (Wildman–Crippen MR) is 70.0 cm³/mol. The van der Waals surface area contributed by atoms with Gasteiger partial charge in [0.2, 0.25) is 0 Å². The molecule has 0 atom stereocenters. The van der Waals surface area contributed by atoms with Crippen LogP contribution in [0, 0.1) is 5.92 Å². The first-order valence-electron chi connectivity index (χ1n) is 5.70. The van der Waals surface area contributed by atoms with Crippen molar-refractivity contribution in [1.29, 1.82) is 0 Å². The van der Waals surface area contributed by atoms with Crippen molar-refractivity contribution in [3.8, 4) is 0 Å². The maximum absolute atomic E-state index is 5.55. The molecule has 0 bridgehead atoms. The van der Waals surface area contributed by atoms with Gasteiger partial charge in [-0.25, -0.2) is 9.97 Å². The van der Waals surface area contributed by atoms with Crippen LogP contribution in [0.4, 0.5) is 5.82 Å². The predicted octanol–water partition coefficient (Wildman–Crippen LogP) is 0.949. The van der Waals surface area contributed by atoms with Gasteiger partial charge in [0.1, 0.15) is 10.7 Å². The van der Waals surface area contributed by atoms with E-state index in [9.17, 15) is 0 Å². The first kappa shape index (κ1) is 12.2. The minimum absolute atomic E-state index is 0.250. The van der Waals surface area contributed by atoms with Crippen LogP contribution in [-0.2, 0) is 4.74 Å². The number of nitrogens with two attached hydrogens (primary N) is 1. The second-order valence-corrected chi connectivity index (χ2v) is 4.50. The van der Waals surface area contributed by atoms with E-state index in [0.29, 0.717) is 24.7 Å². The number of anilines is 1. The number of thiocarbonyl (C=S) groups is 1. The Morgan fingerprint density at radius 3 is 2.94 bits per heavy atom. The molecular weight excluding hydrogens is 236 g/mol. The molecule has 0 saturated heterocycles. The maximum Gasteiger partial charge on any atom is 0.155 e. The molecule has 17 heavy (non-hydrogen) atoms. The van der Waals surface area contributed by atoms with Crippen LogP contribution in [0.5, 0.6) is 0 Å². The summed E-state index contributed by atoms with van der Waals surface area (Å²) in [6, 6.07) is 0. The van der Waals surface area contributed by atoms with E-state index in [2.05, 4.69) is 15.3 Å². The largest absolute Gasteiger partial charge is 0.388 e. The molecule has 1 aliphatic rings. The van der Waals surface area contributed by atoms with Crippen LogP contribution < -0.4 is 11.1 Å². The summed E-state index contributed by atoms with van der Waals surface area (Å²) < 4.78 is 5.50. The highest BCUT2D eigenvalue weighted by Gasteiger charge is 2.20.